The van der Waals surface area contributed by atoms with Crippen LogP contribution in [0, 0.1) is 11.3 Å². The first kappa shape index (κ1) is 29.6. The highest BCUT2D eigenvalue weighted by Crippen LogP contribution is 2.43. The lowest BCUT2D eigenvalue weighted by atomic mass is 9.88. The van der Waals surface area contributed by atoms with E-state index in [1.54, 1.807) is 25.1 Å². The molecule has 0 aliphatic carbocycles. The highest BCUT2D eigenvalue weighted by Gasteiger charge is 2.41. The molecule has 0 fully saturated rings. The van der Waals surface area contributed by atoms with Crippen molar-refractivity contribution in [2.75, 3.05) is 32.6 Å². The molecule has 12 heteroatoms. The quantitative estimate of drug-likeness (QED) is 0.288. The summed E-state index contributed by atoms with van der Waals surface area (Å²) in [5.41, 5.74) is 0.657. The minimum absolute atomic E-state index is 0.0192. The van der Waals surface area contributed by atoms with Gasteiger partial charge in [0.2, 0.25) is 5.95 Å². The van der Waals surface area contributed by atoms with Crippen LogP contribution in [0.25, 0.3) is 0 Å². The third-order valence-electron chi connectivity index (χ3n) is 7.10. The molecule has 1 atom stereocenters. The van der Waals surface area contributed by atoms with Crippen LogP contribution in [0.1, 0.15) is 54.5 Å². The Labute approximate surface area is 235 Å². The smallest absolute Gasteiger partial charge is 0.416 e. The van der Waals surface area contributed by atoms with Gasteiger partial charge >= 0.3 is 17.8 Å². The Balaban J connectivity index is 1.89. The third kappa shape index (κ3) is 6.05. The molecule has 0 amide bonds. The molecule has 1 N–H and O–H groups in total. The molecule has 1 unspecified atom stereocenters. The molecular weight excluding hydrogens is 537 g/mol. The number of anilines is 2. The number of aromatic amines is 1. The lowest BCUT2D eigenvalue weighted by molar-refractivity contribution is -0.138. The van der Waals surface area contributed by atoms with Crippen LogP contribution in [0.2, 0.25) is 0 Å². The van der Waals surface area contributed by atoms with Gasteiger partial charge in [0.05, 0.1) is 29.9 Å². The second-order valence-corrected chi connectivity index (χ2v) is 10.1. The van der Waals surface area contributed by atoms with E-state index < -0.39 is 29.4 Å². The number of rotatable bonds is 9. The number of aromatic nitrogens is 3. The first-order chi connectivity index (χ1) is 19.5. The zero-order chi connectivity index (χ0) is 29.9. The number of benzene rings is 2. The van der Waals surface area contributed by atoms with E-state index in [9.17, 15) is 28.0 Å². The average molecular weight is 569 g/mol. The third-order valence-corrected chi connectivity index (χ3v) is 7.10. The number of carbonyl (C=O) groups is 1. The zero-order valence-electron chi connectivity index (χ0n) is 23.2. The average Bonchev–Trinajstić information content (AvgIpc) is 3.31. The van der Waals surface area contributed by atoms with E-state index in [2.05, 4.69) is 21.2 Å². The molecule has 2 heterocycles. The van der Waals surface area contributed by atoms with Crippen molar-refractivity contribution >= 4 is 17.6 Å². The maximum atomic E-state index is 13.6. The number of aryl methyl sites for hydroxylation is 1. The van der Waals surface area contributed by atoms with Gasteiger partial charge in [-0.2, -0.15) is 18.4 Å². The van der Waals surface area contributed by atoms with Crippen molar-refractivity contribution in [3.8, 4) is 6.07 Å². The fraction of sp³-hybridized carbons (Fsp3) is 0.379. The molecule has 0 radical (unpaired) electrons. The van der Waals surface area contributed by atoms with Crippen LogP contribution in [0.15, 0.2) is 58.5 Å². The van der Waals surface area contributed by atoms with Crippen molar-refractivity contribution in [2.45, 2.75) is 44.8 Å². The molecule has 1 aromatic heterocycles. The highest BCUT2D eigenvalue weighted by atomic mass is 19.4. The Morgan fingerprint density at radius 2 is 1.93 bits per heavy atom. The summed E-state index contributed by atoms with van der Waals surface area (Å²) in [5.74, 6) is -0.727. The fourth-order valence-corrected chi connectivity index (χ4v) is 5.16. The van der Waals surface area contributed by atoms with Crippen LogP contribution in [0.5, 0.6) is 0 Å². The van der Waals surface area contributed by atoms with E-state index in [0.29, 0.717) is 17.5 Å². The molecule has 0 saturated heterocycles. The van der Waals surface area contributed by atoms with Gasteiger partial charge in [0, 0.05) is 11.4 Å². The summed E-state index contributed by atoms with van der Waals surface area (Å²) in [7, 11) is 5.21. The van der Waals surface area contributed by atoms with Crippen LogP contribution in [-0.4, -0.2) is 53.4 Å². The largest absolute Gasteiger partial charge is 0.466 e. The number of unbranched alkanes of at least 4 members (excludes halogenated alkanes) is 2. The summed E-state index contributed by atoms with van der Waals surface area (Å²) in [6, 6.07) is 10.8. The van der Waals surface area contributed by atoms with Crippen LogP contribution in [0.4, 0.5) is 24.8 Å². The van der Waals surface area contributed by atoms with Gasteiger partial charge in [0.15, 0.2) is 0 Å². The number of carbonyl (C=O) groups excluding carboxylic acids is 1. The number of nitrogens with zero attached hydrogens (tertiary/aromatic N) is 5. The van der Waals surface area contributed by atoms with Gasteiger partial charge in [0.1, 0.15) is 6.04 Å². The Kier molecular flexibility index (Phi) is 8.68. The van der Waals surface area contributed by atoms with Gasteiger partial charge < -0.3 is 9.64 Å². The number of ether oxygens (including phenoxy) is 1. The van der Waals surface area contributed by atoms with Crippen molar-refractivity contribution in [1.82, 2.24) is 19.7 Å². The maximum absolute atomic E-state index is 13.6. The fourth-order valence-electron chi connectivity index (χ4n) is 5.16. The molecule has 0 bridgehead atoms. The summed E-state index contributed by atoms with van der Waals surface area (Å²) in [5, 5.41) is 16.1. The predicted octanol–water partition coefficient (Wildman–Crippen LogP) is 4.92. The predicted molar refractivity (Wildman–Crippen MR) is 147 cm³/mol. The Bertz CT molecular complexity index is 1560. The molecule has 1 aliphatic heterocycles. The molecular formula is C29H31F3N6O3. The summed E-state index contributed by atoms with van der Waals surface area (Å²) < 4.78 is 47.1. The SMILES string of the molecule is COC(=O)C1=C(C)N(c2cccc(C(F)(F)F)c2)c2n[nH]c(=O)n2C1c1ccc(C#N)cc1CCCCCN(C)C. The van der Waals surface area contributed by atoms with E-state index in [0.717, 1.165) is 43.5 Å². The van der Waals surface area contributed by atoms with Crippen molar-refractivity contribution < 1.29 is 22.7 Å². The van der Waals surface area contributed by atoms with E-state index in [-0.39, 0.29) is 22.9 Å². The van der Waals surface area contributed by atoms with Crippen molar-refractivity contribution in [3.05, 3.63) is 86.5 Å². The number of methoxy groups -OCH3 is 1. The van der Waals surface area contributed by atoms with Gasteiger partial charge in [-0.15, -0.1) is 5.10 Å². The van der Waals surface area contributed by atoms with E-state index in [4.69, 9.17) is 4.74 Å². The number of alkyl halides is 3. The van der Waals surface area contributed by atoms with E-state index in [1.165, 1.54) is 28.7 Å². The Morgan fingerprint density at radius 1 is 1.17 bits per heavy atom. The minimum Gasteiger partial charge on any atom is -0.466 e. The number of halogens is 3. The molecule has 1 aliphatic rings. The van der Waals surface area contributed by atoms with Crippen LogP contribution >= 0.6 is 0 Å². The van der Waals surface area contributed by atoms with Crippen molar-refractivity contribution in [2.24, 2.45) is 0 Å². The number of esters is 1. The van der Waals surface area contributed by atoms with Gasteiger partial charge in [0.25, 0.3) is 0 Å². The topological polar surface area (TPSA) is 107 Å². The van der Waals surface area contributed by atoms with Gasteiger partial charge in [-0.3, -0.25) is 4.90 Å². The van der Waals surface area contributed by atoms with Crippen LogP contribution in [0.3, 0.4) is 0 Å². The summed E-state index contributed by atoms with van der Waals surface area (Å²) in [4.78, 5) is 30.0. The standard InChI is InChI=1S/C29H31F3N6O3/c1-18-24(26(39)41-4)25(23-13-12-19(17-33)15-20(23)9-6-5-7-14-36(2)3)38-27(34-35-28(38)40)37(18)22-11-8-10-21(16-22)29(30,31)32/h8,10-13,15-16,25H,5-7,9,14H2,1-4H3,(H,35,40). The molecule has 0 spiro atoms. The Morgan fingerprint density at radius 3 is 2.59 bits per heavy atom. The summed E-state index contributed by atoms with van der Waals surface area (Å²) in [6.07, 6.45) is -1.30. The van der Waals surface area contributed by atoms with Crippen LogP contribution in [-0.2, 0) is 22.1 Å². The number of fused-ring (bicyclic) bond motifs is 1. The van der Waals surface area contributed by atoms with Gasteiger partial charge in [-0.05, 0) is 88.3 Å². The van der Waals surface area contributed by atoms with Gasteiger partial charge in [-0.25, -0.2) is 19.3 Å². The molecule has 216 valence electrons. The molecule has 2 aromatic carbocycles. The number of hydrogen-bond donors (Lipinski definition) is 1. The minimum atomic E-state index is -4.60. The van der Waals surface area contributed by atoms with Crippen molar-refractivity contribution in [3.63, 3.8) is 0 Å². The molecule has 9 nitrogen and oxygen atoms in total. The van der Waals surface area contributed by atoms with Crippen molar-refractivity contribution in [1.29, 1.82) is 5.26 Å². The van der Waals surface area contributed by atoms with E-state index >= 15 is 0 Å². The lowest BCUT2D eigenvalue weighted by Crippen LogP contribution is -2.38. The summed E-state index contributed by atoms with van der Waals surface area (Å²) in [6.45, 7) is 2.51. The maximum Gasteiger partial charge on any atom is 0.416 e. The second-order valence-electron chi connectivity index (χ2n) is 10.1. The number of nitrogens with one attached hydrogen (secondary N) is 1. The van der Waals surface area contributed by atoms with Gasteiger partial charge in [-0.1, -0.05) is 18.6 Å². The van der Waals surface area contributed by atoms with Crippen LogP contribution < -0.4 is 10.6 Å². The Hall–Kier alpha value is -4.37. The summed E-state index contributed by atoms with van der Waals surface area (Å²) >= 11 is 0. The number of nitriles is 1. The first-order valence-electron chi connectivity index (χ1n) is 13.1. The molecule has 3 aromatic rings. The molecule has 0 saturated carbocycles. The molecule has 41 heavy (non-hydrogen) atoms. The highest BCUT2D eigenvalue weighted by molar-refractivity contribution is 5.93. The second kappa shape index (κ2) is 12.0. The normalized spacial score (nSPS) is 15.2. The number of H-pyrrole nitrogens is 1. The first-order valence-corrected chi connectivity index (χ1v) is 13.1. The lowest BCUT2D eigenvalue weighted by Gasteiger charge is -2.36. The molecule has 4 rings (SSSR count). The van der Waals surface area contributed by atoms with E-state index in [1.807, 2.05) is 14.1 Å². The zero-order valence-corrected chi connectivity index (χ0v) is 23.2. The number of hydrogen-bond acceptors (Lipinski definition) is 7. The number of allylic oxidation sites excluding steroid dienone is 1. The monoisotopic (exact) mass is 568 g/mol.